The molecular weight excluding hydrogens is 226 g/mol. The molecule has 0 unspecified atom stereocenters. The molecule has 0 aliphatic carbocycles. The zero-order valence-electron chi connectivity index (χ0n) is 11.1. The summed E-state index contributed by atoms with van der Waals surface area (Å²) in [6.45, 7) is 7.75. The highest BCUT2D eigenvalue weighted by molar-refractivity contribution is 5.03. The molecule has 0 amide bonds. The van der Waals surface area contributed by atoms with Gasteiger partial charge in [0.15, 0.2) is 0 Å². The Kier molecular flexibility index (Phi) is 3.72. The van der Waals surface area contributed by atoms with Gasteiger partial charge in [-0.3, -0.25) is 4.98 Å². The van der Waals surface area contributed by atoms with Crippen LogP contribution in [-0.4, -0.2) is 20.0 Å². The second-order valence-corrected chi connectivity index (χ2v) is 5.25. The van der Waals surface area contributed by atoms with Crippen molar-refractivity contribution < 1.29 is 0 Å². The Morgan fingerprint density at radius 3 is 2.56 bits per heavy atom. The van der Waals surface area contributed by atoms with Crippen LogP contribution in [0.3, 0.4) is 0 Å². The van der Waals surface area contributed by atoms with Crippen molar-refractivity contribution in [3.05, 3.63) is 42.0 Å². The molecular formula is C13H19N5. The summed E-state index contributed by atoms with van der Waals surface area (Å²) in [5.41, 5.74) is 1.95. The van der Waals surface area contributed by atoms with Gasteiger partial charge in [-0.25, -0.2) is 4.68 Å². The van der Waals surface area contributed by atoms with Crippen molar-refractivity contribution in [2.45, 2.75) is 39.4 Å². The second kappa shape index (κ2) is 5.27. The van der Waals surface area contributed by atoms with Crippen LogP contribution in [0.4, 0.5) is 0 Å². The van der Waals surface area contributed by atoms with Crippen LogP contribution < -0.4 is 5.32 Å². The number of aromatic nitrogens is 4. The lowest BCUT2D eigenvalue weighted by Gasteiger charge is -2.17. The van der Waals surface area contributed by atoms with Crippen molar-refractivity contribution in [3.63, 3.8) is 0 Å². The molecule has 5 heteroatoms. The molecule has 2 rings (SSSR count). The molecule has 2 aromatic heterocycles. The van der Waals surface area contributed by atoms with Gasteiger partial charge >= 0.3 is 0 Å². The zero-order chi connectivity index (χ0) is 13.0. The molecule has 1 N–H and O–H groups in total. The van der Waals surface area contributed by atoms with Gasteiger partial charge in [-0.05, 0) is 32.9 Å². The maximum Gasteiger partial charge on any atom is 0.0965 e. The molecule has 0 saturated heterocycles. The Morgan fingerprint density at radius 1 is 1.17 bits per heavy atom. The molecule has 96 valence electrons. The SMILES string of the molecule is CC(C)(C)n1cc(CNCc2ccccn2)nn1. The van der Waals surface area contributed by atoms with E-state index in [-0.39, 0.29) is 5.54 Å². The average molecular weight is 245 g/mol. The van der Waals surface area contributed by atoms with Crippen molar-refractivity contribution in [3.8, 4) is 0 Å². The van der Waals surface area contributed by atoms with Crippen molar-refractivity contribution in [1.82, 2.24) is 25.3 Å². The summed E-state index contributed by atoms with van der Waals surface area (Å²) in [6.07, 6.45) is 3.78. The Balaban J connectivity index is 1.86. The third-order valence-electron chi connectivity index (χ3n) is 2.57. The van der Waals surface area contributed by atoms with Crippen LogP contribution in [0, 0.1) is 0 Å². The molecule has 0 atom stereocenters. The Bertz CT molecular complexity index is 484. The number of nitrogens with one attached hydrogen (secondary N) is 1. The maximum atomic E-state index is 4.25. The van der Waals surface area contributed by atoms with E-state index in [1.54, 1.807) is 6.20 Å². The highest BCUT2D eigenvalue weighted by Crippen LogP contribution is 2.11. The smallest absolute Gasteiger partial charge is 0.0965 e. The monoisotopic (exact) mass is 245 g/mol. The van der Waals surface area contributed by atoms with Gasteiger partial charge in [0.2, 0.25) is 0 Å². The predicted molar refractivity (Wildman–Crippen MR) is 69.8 cm³/mol. The fraction of sp³-hybridized carbons (Fsp3) is 0.462. The summed E-state index contributed by atoms with van der Waals surface area (Å²) in [5.74, 6) is 0. The largest absolute Gasteiger partial charge is 0.305 e. The fourth-order valence-corrected chi connectivity index (χ4v) is 1.53. The Morgan fingerprint density at radius 2 is 1.94 bits per heavy atom. The third-order valence-corrected chi connectivity index (χ3v) is 2.57. The molecule has 0 aliphatic heterocycles. The summed E-state index contributed by atoms with van der Waals surface area (Å²) < 4.78 is 1.88. The lowest BCUT2D eigenvalue weighted by Crippen LogP contribution is -2.22. The van der Waals surface area contributed by atoms with Gasteiger partial charge in [0.25, 0.3) is 0 Å². The highest BCUT2D eigenvalue weighted by Gasteiger charge is 2.14. The minimum Gasteiger partial charge on any atom is -0.305 e. The van der Waals surface area contributed by atoms with E-state index < -0.39 is 0 Å². The minimum atomic E-state index is -0.0216. The lowest BCUT2D eigenvalue weighted by molar-refractivity contribution is 0.347. The van der Waals surface area contributed by atoms with Crippen molar-refractivity contribution in [1.29, 1.82) is 0 Å². The molecule has 0 radical (unpaired) electrons. The molecule has 0 aliphatic rings. The van der Waals surface area contributed by atoms with E-state index in [4.69, 9.17) is 0 Å². The van der Waals surface area contributed by atoms with Crippen molar-refractivity contribution in [2.75, 3.05) is 0 Å². The molecule has 0 bridgehead atoms. The number of pyridine rings is 1. The van der Waals surface area contributed by atoms with Gasteiger partial charge in [-0.1, -0.05) is 11.3 Å². The number of hydrogen-bond acceptors (Lipinski definition) is 4. The van der Waals surface area contributed by atoms with E-state index in [0.717, 1.165) is 17.9 Å². The van der Waals surface area contributed by atoms with E-state index >= 15 is 0 Å². The molecule has 2 heterocycles. The van der Waals surface area contributed by atoms with Crippen LogP contribution in [0.15, 0.2) is 30.6 Å². The van der Waals surface area contributed by atoms with Gasteiger partial charge < -0.3 is 5.32 Å². The van der Waals surface area contributed by atoms with Gasteiger partial charge in [-0.2, -0.15) is 0 Å². The minimum absolute atomic E-state index is 0.0216. The molecule has 0 spiro atoms. The lowest BCUT2D eigenvalue weighted by atomic mass is 10.1. The van der Waals surface area contributed by atoms with E-state index in [1.165, 1.54) is 0 Å². The highest BCUT2D eigenvalue weighted by atomic mass is 15.4. The van der Waals surface area contributed by atoms with Crippen LogP contribution >= 0.6 is 0 Å². The van der Waals surface area contributed by atoms with Crippen LogP contribution in [-0.2, 0) is 18.6 Å². The van der Waals surface area contributed by atoms with E-state index in [1.807, 2.05) is 29.1 Å². The van der Waals surface area contributed by atoms with Crippen LogP contribution in [0.2, 0.25) is 0 Å². The molecule has 0 saturated carbocycles. The maximum absolute atomic E-state index is 4.25. The molecule has 0 aromatic carbocycles. The van der Waals surface area contributed by atoms with Gasteiger partial charge in [-0.15, -0.1) is 5.10 Å². The van der Waals surface area contributed by atoms with Crippen molar-refractivity contribution in [2.24, 2.45) is 0 Å². The number of nitrogens with zero attached hydrogens (tertiary/aromatic N) is 4. The van der Waals surface area contributed by atoms with E-state index in [9.17, 15) is 0 Å². The standard InChI is InChI=1S/C13H19N5/c1-13(2,3)18-10-12(16-17-18)9-14-8-11-6-4-5-7-15-11/h4-7,10,14H,8-9H2,1-3H3. The zero-order valence-corrected chi connectivity index (χ0v) is 11.1. The topological polar surface area (TPSA) is 55.6 Å². The van der Waals surface area contributed by atoms with E-state index in [2.05, 4.69) is 41.4 Å². The van der Waals surface area contributed by atoms with Crippen molar-refractivity contribution >= 4 is 0 Å². The average Bonchev–Trinajstić information content (AvgIpc) is 2.79. The first kappa shape index (κ1) is 12.7. The van der Waals surface area contributed by atoms with Crippen LogP contribution in [0.25, 0.3) is 0 Å². The summed E-state index contributed by atoms with van der Waals surface area (Å²) in [7, 11) is 0. The Labute approximate surface area is 107 Å². The van der Waals surface area contributed by atoms with Crippen LogP contribution in [0.5, 0.6) is 0 Å². The number of hydrogen-bond donors (Lipinski definition) is 1. The molecule has 2 aromatic rings. The normalized spacial score (nSPS) is 11.7. The first-order valence-electron chi connectivity index (χ1n) is 6.08. The van der Waals surface area contributed by atoms with Gasteiger partial charge in [0.05, 0.1) is 23.1 Å². The third kappa shape index (κ3) is 3.37. The second-order valence-electron chi connectivity index (χ2n) is 5.25. The number of rotatable bonds is 4. The molecule has 0 fully saturated rings. The quantitative estimate of drug-likeness (QED) is 0.891. The first-order chi connectivity index (χ1) is 8.55. The Hall–Kier alpha value is -1.75. The predicted octanol–water partition coefficient (Wildman–Crippen LogP) is 1.72. The summed E-state index contributed by atoms with van der Waals surface area (Å²) in [6, 6.07) is 5.90. The first-order valence-corrected chi connectivity index (χ1v) is 6.08. The van der Waals surface area contributed by atoms with Gasteiger partial charge in [0.1, 0.15) is 0 Å². The van der Waals surface area contributed by atoms with Gasteiger partial charge in [0, 0.05) is 19.3 Å². The molecule has 18 heavy (non-hydrogen) atoms. The molecule has 5 nitrogen and oxygen atoms in total. The fourth-order valence-electron chi connectivity index (χ4n) is 1.53. The summed E-state index contributed by atoms with van der Waals surface area (Å²) >= 11 is 0. The van der Waals surface area contributed by atoms with E-state index in [0.29, 0.717) is 6.54 Å². The summed E-state index contributed by atoms with van der Waals surface area (Å²) in [5, 5.41) is 11.6. The van der Waals surface area contributed by atoms with Crippen LogP contribution in [0.1, 0.15) is 32.2 Å². The summed E-state index contributed by atoms with van der Waals surface area (Å²) in [4.78, 5) is 4.25.